The molecule has 5 nitrogen and oxygen atoms in total. The standard InChI is InChI=1S/C19H25FN2O3/c1-12-11-15(5-6-16(12)20)17(13-3-4-13)21-19(24)22-9-7-14(8-10-22)18(23)25-2/h5-6,11,13-14,17H,3-4,7-10H2,1-2H3,(H,21,24)/t17-/m0/s1. The smallest absolute Gasteiger partial charge is 0.317 e. The summed E-state index contributed by atoms with van der Waals surface area (Å²) in [5.74, 6) is -0.123. The molecule has 0 bridgehead atoms. The highest BCUT2D eigenvalue weighted by atomic mass is 19.1. The Balaban J connectivity index is 1.62. The third-order valence-corrected chi connectivity index (χ3v) is 5.23. The van der Waals surface area contributed by atoms with Crippen molar-refractivity contribution in [2.75, 3.05) is 20.2 Å². The second kappa shape index (κ2) is 7.42. The molecule has 3 rings (SSSR count). The number of rotatable bonds is 4. The summed E-state index contributed by atoms with van der Waals surface area (Å²) < 4.78 is 18.3. The number of carbonyl (C=O) groups excluding carboxylic acids is 2. The van der Waals surface area contributed by atoms with E-state index >= 15 is 0 Å². The van der Waals surface area contributed by atoms with Gasteiger partial charge in [0, 0.05) is 13.1 Å². The van der Waals surface area contributed by atoms with Crippen LogP contribution in [0.5, 0.6) is 0 Å². The van der Waals surface area contributed by atoms with Gasteiger partial charge in [-0.15, -0.1) is 0 Å². The lowest BCUT2D eigenvalue weighted by Crippen LogP contribution is -2.46. The Kier molecular flexibility index (Phi) is 5.25. The minimum atomic E-state index is -0.227. The average molecular weight is 348 g/mol. The zero-order chi connectivity index (χ0) is 18.0. The molecule has 1 saturated carbocycles. The minimum Gasteiger partial charge on any atom is -0.469 e. The van der Waals surface area contributed by atoms with Gasteiger partial charge in [0.15, 0.2) is 0 Å². The third-order valence-electron chi connectivity index (χ3n) is 5.23. The van der Waals surface area contributed by atoms with Crippen LogP contribution in [0, 0.1) is 24.6 Å². The number of ether oxygens (including phenoxy) is 1. The molecule has 1 N–H and O–H groups in total. The Morgan fingerprint density at radius 2 is 1.92 bits per heavy atom. The quantitative estimate of drug-likeness (QED) is 0.850. The number of hydrogen-bond acceptors (Lipinski definition) is 3. The number of halogens is 1. The van der Waals surface area contributed by atoms with E-state index < -0.39 is 0 Å². The summed E-state index contributed by atoms with van der Waals surface area (Å²) in [6.45, 7) is 2.83. The van der Waals surface area contributed by atoms with Gasteiger partial charge in [-0.25, -0.2) is 9.18 Å². The predicted molar refractivity (Wildman–Crippen MR) is 91.4 cm³/mol. The fourth-order valence-electron chi connectivity index (χ4n) is 3.47. The number of benzene rings is 1. The van der Waals surface area contributed by atoms with E-state index in [2.05, 4.69) is 5.32 Å². The lowest BCUT2D eigenvalue weighted by molar-refractivity contribution is -0.146. The number of esters is 1. The Bertz CT molecular complexity index is 652. The number of nitrogens with one attached hydrogen (secondary N) is 1. The van der Waals surface area contributed by atoms with Crippen LogP contribution in [-0.4, -0.2) is 37.1 Å². The van der Waals surface area contributed by atoms with Crippen LogP contribution in [0.2, 0.25) is 0 Å². The molecule has 1 aliphatic heterocycles. The lowest BCUT2D eigenvalue weighted by atomic mass is 9.97. The summed E-state index contributed by atoms with van der Waals surface area (Å²) >= 11 is 0. The van der Waals surface area contributed by atoms with Crippen LogP contribution >= 0.6 is 0 Å². The molecule has 1 aromatic rings. The first-order valence-electron chi connectivity index (χ1n) is 8.89. The summed E-state index contributed by atoms with van der Waals surface area (Å²) in [6, 6.07) is 4.86. The first-order valence-corrected chi connectivity index (χ1v) is 8.89. The van der Waals surface area contributed by atoms with Gasteiger partial charge >= 0.3 is 12.0 Å². The Morgan fingerprint density at radius 1 is 1.24 bits per heavy atom. The van der Waals surface area contributed by atoms with Crippen LogP contribution < -0.4 is 5.32 Å². The number of methoxy groups -OCH3 is 1. The van der Waals surface area contributed by atoms with Crippen molar-refractivity contribution in [1.82, 2.24) is 10.2 Å². The van der Waals surface area contributed by atoms with Crippen LogP contribution in [-0.2, 0) is 9.53 Å². The second-order valence-electron chi connectivity index (χ2n) is 7.06. The number of carbonyl (C=O) groups is 2. The predicted octanol–water partition coefficient (Wildman–Crippen LogP) is 3.18. The maximum Gasteiger partial charge on any atom is 0.317 e. The van der Waals surface area contributed by atoms with Crippen LogP contribution in [0.1, 0.15) is 42.9 Å². The van der Waals surface area contributed by atoms with Crippen LogP contribution in [0.3, 0.4) is 0 Å². The SMILES string of the molecule is COC(=O)C1CCN(C(=O)N[C@H](c2ccc(F)c(C)c2)C2CC2)CC1. The molecule has 2 fully saturated rings. The van der Waals surface area contributed by atoms with E-state index in [4.69, 9.17) is 4.74 Å². The van der Waals surface area contributed by atoms with Gasteiger partial charge < -0.3 is 15.0 Å². The average Bonchev–Trinajstić information content (AvgIpc) is 3.46. The number of hydrogen-bond donors (Lipinski definition) is 1. The molecule has 136 valence electrons. The molecule has 2 amide bonds. The van der Waals surface area contributed by atoms with Crippen LogP contribution in [0.25, 0.3) is 0 Å². The van der Waals surface area contributed by atoms with Gasteiger partial charge in [-0.2, -0.15) is 0 Å². The number of aryl methyl sites for hydroxylation is 1. The summed E-state index contributed by atoms with van der Waals surface area (Å²) in [4.78, 5) is 26.0. The molecule has 0 unspecified atom stereocenters. The monoisotopic (exact) mass is 348 g/mol. The molecular formula is C19H25FN2O3. The number of urea groups is 1. The number of piperidine rings is 1. The first kappa shape index (κ1) is 17.7. The molecule has 25 heavy (non-hydrogen) atoms. The van der Waals surface area contributed by atoms with E-state index in [1.807, 2.05) is 6.07 Å². The van der Waals surface area contributed by atoms with Crippen LogP contribution in [0.15, 0.2) is 18.2 Å². The molecule has 0 radical (unpaired) electrons. The minimum absolute atomic E-state index is 0.0786. The maximum atomic E-state index is 13.5. The summed E-state index contributed by atoms with van der Waals surface area (Å²) in [7, 11) is 1.40. The highest BCUT2D eigenvalue weighted by Crippen LogP contribution is 2.41. The molecule has 0 aromatic heterocycles. The van der Waals surface area contributed by atoms with Crippen molar-refractivity contribution < 1.29 is 18.7 Å². The van der Waals surface area contributed by atoms with Gasteiger partial charge in [-0.3, -0.25) is 4.79 Å². The van der Waals surface area contributed by atoms with E-state index in [0.29, 0.717) is 37.4 Å². The summed E-state index contributed by atoms with van der Waals surface area (Å²) in [5.41, 5.74) is 1.55. The van der Waals surface area contributed by atoms with Gasteiger partial charge in [-0.1, -0.05) is 12.1 Å². The van der Waals surface area contributed by atoms with E-state index in [1.54, 1.807) is 17.9 Å². The molecule has 0 spiro atoms. The molecule has 6 heteroatoms. The van der Waals surface area contributed by atoms with Crippen molar-refractivity contribution in [2.24, 2.45) is 11.8 Å². The fourth-order valence-corrected chi connectivity index (χ4v) is 3.47. The van der Waals surface area contributed by atoms with Gasteiger partial charge in [0.2, 0.25) is 0 Å². The Labute approximate surface area is 147 Å². The normalized spacial score (nSPS) is 19.4. The molecule has 1 atom stereocenters. The van der Waals surface area contributed by atoms with Crippen molar-refractivity contribution in [2.45, 2.75) is 38.6 Å². The zero-order valence-electron chi connectivity index (χ0n) is 14.8. The van der Waals surface area contributed by atoms with E-state index in [9.17, 15) is 14.0 Å². The van der Waals surface area contributed by atoms with Crippen molar-refractivity contribution >= 4 is 12.0 Å². The summed E-state index contributed by atoms with van der Waals surface area (Å²) in [6.07, 6.45) is 3.41. The van der Waals surface area contributed by atoms with E-state index in [0.717, 1.165) is 18.4 Å². The topological polar surface area (TPSA) is 58.6 Å². The summed E-state index contributed by atoms with van der Waals surface area (Å²) in [5, 5.41) is 3.12. The van der Waals surface area contributed by atoms with Crippen LogP contribution in [0.4, 0.5) is 9.18 Å². The van der Waals surface area contributed by atoms with Gasteiger partial charge in [0.25, 0.3) is 0 Å². The molecule has 2 aliphatic rings. The largest absolute Gasteiger partial charge is 0.469 e. The zero-order valence-corrected chi connectivity index (χ0v) is 14.8. The van der Waals surface area contributed by atoms with Crippen molar-refractivity contribution in [3.63, 3.8) is 0 Å². The molecule has 1 saturated heterocycles. The maximum absolute atomic E-state index is 13.5. The van der Waals surface area contributed by atoms with Gasteiger partial charge in [0.1, 0.15) is 5.82 Å². The number of likely N-dealkylation sites (tertiary alicyclic amines) is 1. The second-order valence-corrected chi connectivity index (χ2v) is 7.06. The highest BCUT2D eigenvalue weighted by Gasteiger charge is 2.35. The van der Waals surface area contributed by atoms with Gasteiger partial charge in [-0.05, 0) is 55.7 Å². The molecule has 1 heterocycles. The van der Waals surface area contributed by atoms with Gasteiger partial charge in [0.05, 0.1) is 19.1 Å². The van der Waals surface area contributed by atoms with Crippen molar-refractivity contribution in [3.05, 3.63) is 35.1 Å². The Hall–Kier alpha value is -2.11. The van der Waals surface area contributed by atoms with E-state index in [1.165, 1.54) is 13.2 Å². The lowest BCUT2D eigenvalue weighted by Gasteiger charge is -2.32. The van der Waals surface area contributed by atoms with Crippen molar-refractivity contribution in [1.29, 1.82) is 0 Å². The van der Waals surface area contributed by atoms with Crippen molar-refractivity contribution in [3.8, 4) is 0 Å². The molecular weight excluding hydrogens is 323 g/mol. The third kappa shape index (κ3) is 4.11. The number of nitrogens with zero attached hydrogens (tertiary/aromatic N) is 1. The highest BCUT2D eigenvalue weighted by molar-refractivity contribution is 5.76. The van der Waals surface area contributed by atoms with E-state index in [-0.39, 0.29) is 29.8 Å². The molecule has 1 aromatic carbocycles. The fraction of sp³-hybridized carbons (Fsp3) is 0.579. The molecule has 1 aliphatic carbocycles. The Morgan fingerprint density at radius 3 is 2.48 bits per heavy atom. The first-order chi connectivity index (χ1) is 12.0. The number of amides is 2.